The lowest BCUT2D eigenvalue weighted by atomic mass is 10.0. The third-order valence-corrected chi connectivity index (χ3v) is 2.60. The third kappa shape index (κ3) is 1.44. The molecule has 1 heterocycles. The fraction of sp³-hybridized carbons (Fsp3) is 0. The first-order chi connectivity index (χ1) is 7.95. The second kappa shape index (κ2) is 3.74. The van der Waals surface area contributed by atoms with Crippen LogP contribution in [0, 0.1) is 0 Å². The van der Waals surface area contributed by atoms with Crippen LogP contribution in [0.2, 0.25) is 0 Å². The van der Waals surface area contributed by atoms with Crippen LogP contribution >= 0.6 is 0 Å². The third-order valence-electron chi connectivity index (χ3n) is 2.60. The molecule has 76 valence electrons. The summed E-state index contributed by atoms with van der Waals surface area (Å²) in [6.07, 6.45) is 3.54. The summed E-state index contributed by atoms with van der Waals surface area (Å²) in [6, 6.07) is 16.3. The first-order valence-electron chi connectivity index (χ1n) is 5.20. The molecule has 0 bridgehead atoms. The van der Waals surface area contributed by atoms with Crippen LogP contribution < -0.4 is 0 Å². The molecule has 2 heteroatoms. The normalized spacial score (nSPS) is 10.5. The zero-order chi connectivity index (χ0) is 10.8. The molecule has 0 aliphatic rings. The van der Waals surface area contributed by atoms with Crippen LogP contribution in [0.3, 0.4) is 0 Å². The highest BCUT2D eigenvalue weighted by Crippen LogP contribution is 2.25. The van der Waals surface area contributed by atoms with Crippen molar-refractivity contribution in [2.24, 2.45) is 0 Å². The molecule has 0 radical (unpaired) electrons. The zero-order valence-electron chi connectivity index (χ0n) is 8.67. The van der Waals surface area contributed by atoms with Gasteiger partial charge >= 0.3 is 0 Å². The molecule has 0 saturated heterocycles. The Morgan fingerprint density at radius 3 is 2.31 bits per heavy atom. The predicted molar refractivity (Wildman–Crippen MR) is 65.0 cm³/mol. The largest absolute Gasteiger partial charge is 0.237 e. The van der Waals surface area contributed by atoms with Gasteiger partial charge in [-0.1, -0.05) is 42.5 Å². The van der Waals surface area contributed by atoms with Crippen molar-refractivity contribution in [3.63, 3.8) is 0 Å². The molecule has 0 aliphatic heterocycles. The fourth-order valence-electron chi connectivity index (χ4n) is 1.86. The molecule has 2 aromatic carbocycles. The summed E-state index contributed by atoms with van der Waals surface area (Å²) >= 11 is 0. The highest BCUT2D eigenvalue weighted by molar-refractivity contribution is 5.94. The molecular weight excluding hydrogens is 196 g/mol. The first-order valence-corrected chi connectivity index (χ1v) is 5.20. The van der Waals surface area contributed by atoms with E-state index in [0.717, 1.165) is 11.4 Å². The Labute approximate surface area is 93.6 Å². The summed E-state index contributed by atoms with van der Waals surface area (Å²) in [5.74, 6) is 0.777. The molecule has 0 fully saturated rings. The van der Waals surface area contributed by atoms with Crippen molar-refractivity contribution in [1.29, 1.82) is 0 Å². The van der Waals surface area contributed by atoms with Crippen molar-refractivity contribution in [3.05, 3.63) is 60.9 Å². The van der Waals surface area contributed by atoms with Crippen LogP contribution in [0.5, 0.6) is 0 Å². The van der Waals surface area contributed by atoms with Gasteiger partial charge in [0.15, 0.2) is 5.82 Å². The van der Waals surface area contributed by atoms with Crippen LogP contribution in [-0.2, 0) is 0 Å². The zero-order valence-corrected chi connectivity index (χ0v) is 8.67. The second-order valence-corrected chi connectivity index (χ2v) is 3.60. The monoisotopic (exact) mass is 206 g/mol. The Morgan fingerprint density at radius 1 is 0.688 bits per heavy atom. The molecule has 0 N–H and O–H groups in total. The molecule has 0 unspecified atom stereocenters. The van der Waals surface area contributed by atoms with Gasteiger partial charge in [-0.15, -0.1) is 0 Å². The van der Waals surface area contributed by atoms with Gasteiger partial charge in [-0.3, -0.25) is 0 Å². The van der Waals surface area contributed by atoms with E-state index in [4.69, 9.17) is 0 Å². The number of nitrogens with zero attached hydrogens (tertiary/aromatic N) is 2. The number of rotatable bonds is 1. The molecule has 0 spiro atoms. The van der Waals surface area contributed by atoms with E-state index in [2.05, 4.69) is 34.2 Å². The van der Waals surface area contributed by atoms with Gasteiger partial charge in [0.1, 0.15) is 0 Å². The molecule has 1 aromatic heterocycles. The van der Waals surface area contributed by atoms with Gasteiger partial charge in [0, 0.05) is 18.0 Å². The van der Waals surface area contributed by atoms with Crippen LogP contribution in [0.15, 0.2) is 60.9 Å². The summed E-state index contributed by atoms with van der Waals surface area (Å²) in [4.78, 5) is 8.58. The summed E-state index contributed by atoms with van der Waals surface area (Å²) in [5.41, 5.74) is 1.08. The summed E-state index contributed by atoms with van der Waals surface area (Å²) in [5, 5.41) is 2.41. The van der Waals surface area contributed by atoms with Crippen molar-refractivity contribution >= 4 is 10.8 Å². The smallest absolute Gasteiger partial charge is 0.159 e. The molecule has 3 rings (SSSR count). The van der Waals surface area contributed by atoms with E-state index in [0.29, 0.717) is 0 Å². The van der Waals surface area contributed by atoms with Crippen molar-refractivity contribution in [2.75, 3.05) is 0 Å². The van der Waals surface area contributed by atoms with E-state index in [9.17, 15) is 0 Å². The molecule has 3 aromatic rings. The average molecular weight is 206 g/mol. The number of benzene rings is 2. The number of fused-ring (bicyclic) bond motifs is 1. The van der Waals surface area contributed by atoms with E-state index < -0.39 is 0 Å². The Hall–Kier alpha value is -2.22. The lowest BCUT2D eigenvalue weighted by molar-refractivity contribution is 1.18. The predicted octanol–water partition coefficient (Wildman–Crippen LogP) is 3.30. The highest BCUT2D eigenvalue weighted by Gasteiger charge is 2.04. The minimum atomic E-state index is 0.777. The topological polar surface area (TPSA) is 25.8 Å². The van der Waals surface area contributed by atoms with Gasteiger partial charge < -0.3 is 0 Å². The van der Waals surface area contributed by atoms with Gasteiger partial charge in [0.2, 0.25) is 0 Å². The Kier molecular flexibility index (Phi) is 2.11. The van der Waals surface area contributed by atoms with Crippen molar-refractivity contribution in [3.8, 4) is 11.4 Å². The van der Waals surface area contributed by atoms with E-state index in [1.54, 1.807) is 12.4 Å². The maximum absolute atomic E-state index is 4.29. The average Bonchev–Trinajstić information content (AvgIpc) is 2.39. The number of hydrogen-bond acceptors (Lipinski definition) is 2. The Balaban J connectivity index is 2.32. The lowest BCUT2D eigenvalue weighted by Crippen LogP contribution is -1.87. The van der Waals surface area contributed by atoms with Crippen molar-refractivity contribution in [2.45, 2.75) is 0 Å². The van der Waals surface area contributed by atoms with Gasteiger partial charge in [0.05, 0.1) is 0 Å². The van der Waals surface area contributed by atoms with E-state index in [-0.39, 0.29) is 0 Å². The van der Waals surface area contributed by atoms with Gasteiger partial charge in [0.25, 0.3) is 0 Å². The Bertz CT molecular complexity index is 612. The Morgan fingerprint density at radius 2 is 1.44 bits per heavy atom. The summed E-state index contributed by atoms with van der Waals surface area (Å²) in [7, 11) is 0. The van der Waals surface area contributed by atoms with E-state index in [1.165, 1.54) is 10.8 Å². The van der Waals surface area contributed by atoms with Crippen LogP contribution in [0.25, 0.3) is 22.2 Å². The van der Waals surface area contributed by atoms with Crippen LogP contribution in [-0.4, -0.2) is 9.97 Å². The molecule has 0 atom stereocenters. The SMILES string of the molecule is c1cnc(-c2cccc3ccccc23)nc1. The second-order valence-electron chi connectivity index (χ2n) is 3.60. The molecule has 16 heavy (non-hydrogen) atoms. The summed E-state index contributed by atoms with van der Waals surface area (Å²) < 4.78 is 0. The maximum Gasteiger partial charge on any atom is 0.159 e. The molecule has 0 aliphatic carbocycles. The van der Waals surface area contributed by atoms with E-state index in [1.807, 2.05) is 24.3 Å². The van der Waals surface area contributed by atoms with Crippen LogP contribution in [0.4, 0.5) is 0 Å². The van der Waals surface area contributed by atoms with E-state index >= 15 is 0 Å². The molecule has 2 nitrogen and oxygen atoms in total. The molecular formula is C14H10N2. The van der Waals surface area contributed by atoms with Gasteiger partial charge in [-0.05, 0) is 16.8 Å². The standard InChI is InChI=1S/C14H10N2/c1-2-7-12-11(5-1)6-3-8-13(12)14-15-9-4-10-16-14/h1-10H. The van der Waals surface area contributed by atoms with Crippen LogP contribution in [0.1, 0.15) is 0 Å². The summed E-state index contributed by atoms with van der Waals surface area (Å²) in [6.45, 7) is 0. The minimum Gasteiger partial charge on any atom is -0.237 e. The van der Waals surface area contributed by atoms with Crippen molar-refractivity contribution in [1.82, 2.24) is 9.97 Å². The molecule has 0 amide bonds. The lowest BCUT2D eigenvalue weighted by Gasteiger charge is -2.04. The fourth-order valence-corrected chi connectivity index (χ4v) is 1.86. The maximum atomic E-state index is 4.29. The quantitative estimate of drug-likeness (QED) is 0.610. The van der Waals surface area contributed by atoms with Crippen molar-refractivity contribution < 1.29 is 0 Å². The number of aromatic nitrogens is 2. The first kappa shape index (κ1) is 9.04. The number of hydrogen-bond donors (Lipinski definition) is 0. The minimum absolute atomic E-state index is 0.777. The molecule has 0 saturated carbocycles. The van der Waals surface area contributed by atoms with Gasteiger partial charge in [-0.2, -0.15) is 0 Å². The highest BCUT2D eigenvalue weighted by atomic mass is 14.8. The van der Waals surface area contributed by atoms with Gasteiger partial charge in [-0.25, -0.2) is 9.97 Å².